The van der Waals surface area contributed by atoms with Gasteiger partial charge in [-0.05, 0) is 43.2 Å². The predicted octanol–water partition coefficient (Wildman–Crippen LogP) is 2.37. The van der Waals surface area contributed by atoms with Crippen LogP contribution in [0, 0.1) is 35.2 Å². The summed E-state index contributed by atoms with van der Waals surface area (Å²) in [5, 5.41) is 0. The highest BCUT2D eigenvalue weighted by Gasteiger charge is 2.45. The summed E-state index contributed by atoms with van der Waals surface area (Å²) < 4.78 is 66.6. The second-order valence-electron chi connectivity index (χ2n) is 7.68. The molecule has 0 N–H and O–H groups in total. The zero-order valence-electron chi connectivity index (χ0n) is 14.7. The lowest BCUT2D eigenvalue weighted by Gasteiger charge is -2.36. The molecule has 0 aromatic heterocycles. The van der Waals surface area contributed by atoms with E-state index in [4.69, 9.17) is 0 Å². The zero-order valence-corrected chi connectivity index (χ0v) is 15.5. The Hall–Kier alpha value is -1.61. The molecule has 0 radical (unpaired) electrons. The molecule has 1 heterocycles. The monoisotopic (exact) mass is 402 g/mol. The molecular weight excluding hydrogens is 381 g/mol. The molecule has 1 saturated heterocycles. The number of benzene rings is 1. The summed E-state index contributed by atoms with van der Waals surface area (Å²) in [6, 6.07) is 1.33. The van der Waals surface area contributed by atoms with Gasteiger partial charge in [-0.3, -0.25) is 4.79 Å². The van der Waals surface area contributed by atoms with Crippen LogP contribution in [0.2, 0.25) is 0 Å². The molecular formula is C18H21F3N2O3S. The Labute approximate surface area is 156 Å². The van der Waals surface area contributed by atoms with Crippen LogP contribution in [0.5, 0.6) is 0 Å². The van der Waals surface area contributed by atoms with Crippen molar-refractivity contribution in [2.24, 2.45) is 17.8 Å². The van der Waals surface area contributed by atoms with Gasteiger partial charge in [0.25, 0.3) is 0 Å². The van der Waals surface area contributed by atoms with Gasteiger partial charge in [-0.25, -0.2) is 21.6 Å². The number of halogens is 3. The molecule has 5 nitrogen and oxygen atoms in total. The number of amides is 1. The molecule has 2 saturated carbocycles. The van der Waals surface area contributed by atoms with Crippen LogP contribution >= 0.6 is 0 Å². The number of sulfonamides is 1. The molecule has 1 aromatic carbocycles. The molecule has 148 valence electrons. The van der Waals surface area contributed by atoms with E-state index < -0.39 is 32.4 Å². The summed E-state index contributed by atoms with van der Waals surface area (Å²) in [5.41, 5.74) is 0. The van der Waals surface area contributed by atoms with Gasteiger partial charge >= 0.3 is 0 Å². The maximum Gasteiger partial charge on any atom is 0.246 e. The summed E-state index contributed by atoms with van der Waals surface area (Å²) in [4.78, 5) is 13.6. The Morgan fingerprint density at radius 2 is 1.67 bits per heavy atom. The highest BCUT2D eigenvalue weighted by molar-refractivity contribution is 7.89. The van der Waals surface area contributed by atoms with Gasteiger partial charge in [0.15, 0.2) is 17.5 Å². The summed E-state index contributed by atoms with van der Waals surface area (Å²) in [5.74, 6) is -3.75. The molecule has 1 aromatic rings. The highest BCUT2D eigenvalue weighted by Crippen LogP contribution is 2.49. The van der Waals surface area contributed by atoms with Gasteiger partial charge < -0.3 is 4.90 Å². The Morgan fingerprint density at radius 3 is 2.26 bits per heavy atom. The minimum atomic E-state index is -4.29. The lowest BCUT2D eigenvalue weighted by atomic mass is 9.87. The smallest absolute Gasteiger partial charge is 0.246 e. The van der Waals surface area contributed by atoms with Gasteiger partial charge in [-0.2, -0.15) is 4.31 Å². The lowest BCUT2D eigenvalue weighted by molar-refractivity contribution is -0.138. The third kappa shape index (κ3) is 3.14. The number of fused-ring (bicyclic) bond motifs is 2. The second-order valence-corrected chi connectivity index (χ2v) is 9.59. The summed E-state index contributed by atoms with van der Waals surface area (Å²) in [6.45, 7) is 0.454. The molecule has 2 aliphatic carbocycles. The summed E-state index contributed by atoms with van der Waals surface area (Å²) in [7, 11) is -4.29. The quantitative estimate of drug-likeness (QED) is 0.730. The van der Waals surface area contributed by atoms with E-state index in [2.05, 4.69) is 0 Å². The standard InChI is InChI=1S/C18H21F3N2O3S/c19-14-3-4-15(17(21)16(14)20)27(25,26)23-7-5-22(6-8-23)18(24)13-10-11-1-2-12(13)9-11/h3-4,11-13H,1-2,5-10H2. The Balaban J connectivity index is 1.44. The third-order valence-electron chi connectivity index (χ3n) is 6.22. The van der Waals surface area contributed by atoms with Crippen molar-refractivity contribution < 1.29 is 26.4 Å². The molecule has 3 fully saturated rings. The first-order valence-electron chi connectivity index (χ1n) is 9.21. The molecule has 3 atom stereocenters. The number of rotatable bonds is 3. The van der Waals surface area contributed by atoms with Gasteiger partial charge in [0, 0.05) is 32.1 Å². The van der Waals surface area contributed by atoms with Crippen LogP contribution in [-0.2, 0) is 14.8 Å². The molecule has 0 spiro atoms. The molecule has 1 aliphatic heterocycles. The second kappa shape index (κ2) is 6.77. The maximum atomic E-state index is 13.9. The van der Waals surface area contributed by atoms with E-state index in [9.17, 15) is 26.4 Å². The average Bonchev–Trinajstić information content (AvgIpc) is 3.29. The van der Waals surface area contributed by atoms with Crippen LogP contribution in [0.3, 0.4) is 0 Å². The van der Waals surface area contributed by atoms with Crippen molar-refractivity contribution >= 4 is 15.9 Å². The first-order chi connectivity index (χ1) is 12.8. The van der Waals surface area contributed by atoms with E-state index >= 15 is 0 Å². The Morgan fingerprint density at radius 1 is 0.963 bits per heavy atom. The fourth-order valence-electron chi connectivity index (χ4n) is 4.78. The van der Waals surface area contributed by atoms with Gasteiger partial charge in [0.1, 0.15) is 4.90 Å². The highest BCUT2D eigenvalue weighted by atomic mass is 32.2. The third-order valence-corrected chi connectivity index (χ3v) is 8.14. The van der Waals surface area contributed by atoms with Crippen LogP contribution in [-0.4, -0.2) is 49.7 Å². The zero-order chi connectivity index (χ0) is 19.3. The number of hydrogen-bond acceptors (Lipinski definition) is 3. The predicted molar refractivity (Wildman–Crippen MR) is 90.6 cm³/mol. The molecule has 3 unspecified atom stereocenters. The fraction of sp³-hybridized carbons (Fsp3) is 0.611. The largest absolute Gasteiger partial charge is 0.340 e. The van der Waals surface area contributed by atoms with Gasteiger partial charge in [-0.15, -0.1) is 0 Å². The normalized spacial score (nSPS) is 28.7. The first-order valence-corrected chi connectivity index (χ1v) is 10.7. The summed E-state index contributed by atoms with van der Waals surface area (Å²) in [6.07, 6.45) is 4.31. The first kappa shape index (κ1) is 18.7. The van der Waals surface area contributed by atoms with E-state index in [1.807, 2.05) is 0 Å². The molecule has 2 bridgehead atoms. The SMILES string of the molecule is O=C(C1CC2CCC1C2)N1CCN(S(=O)(=O)c2ccc(F)c(F)c2F)CC1. The van der Waals surface area contributed by atoms with Crippen LogP contribution in [0.25, 0.3) is 0 Å². The number of piperazine rings is 1. The van der Waals surface area contributed by atoms with Crippen LogP contribution in [0.1, 0.15) is 25.7 Å². The van der Waals surface area contributed by atoms with Gasteiger partial charge in [0.05, 0.1) is 0 Å². The van der Waals surface area contributed by atoms with Crippen molar-refractivity contribution in [3.8, 4) is 0 Å². The van der Waals surface area contributed by atoms with Crippen LogP contribution in [0.15, 0.2) is 17.0 Å². The molecule has 9 heteroatoms. The van der Waals surface area contributed by atoms with Gasteiger partial charge in [0.2, 0.25) is 15.9 Å². The fourth-order valence-corrected chi connectivity index (χ4v) is 6.26. The van der Waals surface area contributed by atoms with Crippen molar-refractivity contribution in [1.29, 1.82) is 0 Å². The van der Waals surface area contributed by atoms with E-state index in [1.165, 1.54) is 6.42 Å². The Kier molecular flexibility index (Phi) is 4.70. The van der Waals surface area contributed by atoms with Crippen molar-refractivity contribution in [2.75, 3.05) is 26.2 Å². The van der Waals surface area contributed by atoms with Crippen molar-refractivity contribution in [2.45, 2.75) is 30.6 Å². The number of carbonyl (C=O) groups excluding carboxylic acids is 1. The lowest BCUT2D eigenvalue weighted by Crippen LogP contribution is -2.52. The number of carbonyl (C=O) groups is 1. The number of hydrogen-bond donors (Lipinski definition) is 0. The van der Waals surface area contributed by atoms with Gasteiger partial charge in [-0.1, -0.05) is 6.42 Å². The van der Waals surface area contributed by atoms with Crippen molar-refractivity contribution in [1.82, 2.24) is 9.21 Å². The topological polar surface area (TPSA) is 57.7 Å². The minimum absolute atomic E-state index is 0.00727. The van der Waals surface area contributed by atoms with E-state index in [1.54, 1.807) is 4.90 Å². The molecule has 3 aliphatic rings. The summed E-state index contributed by atoms with van der Waals surface area (Å²) >= 11 is 0. The molecule has 1 amide bonds. The molecule has 4 rings (SSSR count). The van der Waals surface area contributed by atoms with E-state index in [0.717, 1.165) is 29.6 Å². The number of nitrogens with zero attached hydrogens (tertiary/aromatic N) is 2. The van der Waals surface area contributed by atoms with E-state index in [0.29, 0.717) is 17.9 Å². The van der Waals surface area contributed by atoms with Crippen LogP contribution < -0.4 is 0 Å². The van der Waals surface area contributed by atoms with Crippen LogP contribution in [0.4, 0.5) is 13.2 Å². The van der Waals surface area contributed by atoms with E-state index in [-0.39, 0.29) is 38.0 Å². The van der Waals surface area contributed by atoms with Crippen molar-refractivity contribution in [3.05, 3.63) is 29.6 Å². The maximum absolute atomic E-state index is 13.9. The minimum Gasteiger partial charge on any atom is -0.340 e. The average molecular weight is 402 g/mol. The molecule has 27 heavy (non-hydrogen) atoms. The van der Waals surface area contributed by atoms with Crippen molar-refractivity contribution in [3.63, 3.8) is 0 Å². The Bertz CT molecular complexity index is 869.